The molecule has 0 saturated heterocycles. The zero-order chi connectivity index (χ0) is 16.0. The summed E-state index contributed by atoms with van der Waals surface area (Å²) < 4.78 is 0. The average Bonchev–Trinajstić information content (AvgIpc) is 2.41. The third kappa shape index (κ3) is 6.14. The molecule has 6 heteroatoms. The Morgan fingerprint density at radius 2 is 1.57 bits per heavy atom. The Hall–Kier alpha value is -1.59. The van der Waals surface area contributed by atoms with Crippen LogP contribution in [0.1, 0.15) is 46.5 Å². The minimum absolute atomic E-state index is 0.0316. The third-order valence-electron chi connectivity index (χ3n) is 4.18. The van der Waals surface area contributed by atoms with Crippen LogP contribution in [0.25, 0.3) is 0 Å². The molecule has 3 N–H and O–H groups in total. The first-order chi connectivity index (χ1) is 9.70. The molecule has 0 aliphatic heterocycles. The lowest BCUT2D eigenvalue weighted by Crippen LogP contribution is -2.42. The van der Waals surface area contributed by atoms with Crippen molar-refractivity contribution >= 4 is 17.8 Å². The first kappa shape index (κ1) is 17.5. The number of hydrogen-bond donors (Lipinski definition) is 3. The van der Waals surface area contributed by atoms with Gasteiger partial charge in [0.25, 0.3) is 0 Å². The van der Waals surface area contributed by atoms with Crippen LogP contribution >= 0.6 is 0 Å². The van der Waals surface area contributed by atoms with E-state index in [0.29, 0.717) is 5.92 Å². The number of rotatable bonds is 5. The lowest BCUT2D eigenvalue weighted by Gasteiger charge is -2.36. The highest BCUT2D eigenvalue weighted by atomic mass is 16.4. The van der Waals surface area contributed by atoms with Gasteiger partial charge in [-0.25, -0.2) is 0 Å². The van der Waals surface area contributed by atoms with E-state index in [1.807, 2.05) is 0 Å². The van der Waals surface area contributed by atoms with Crippen molar-refractivity contribution in [3.63, 3.8) is 0 Å². The molecule has 1 aliphatic carbocycles. The normalized spacial score (nSPS) is 22.4. The molecule has 0 aromatic heterocycles. The van der Waals surface area contributed by atoms with Crippen LogP contribution in [0.15, 0.2) is 0 Å². The standard InChI is InChI=1S/C15H26N2O4/c1-15(2,3)11-6-4-10(5-7-11)14(21)17-8-12(18)16-9-13(19)20/h10-11H,4-9H2,1-3H3,(H,16,18)(H,17,21)(H,19,20). The van der Waals surface area contributed by atoms with Crippen molar-refractivity contribution in [2.75, 3.05) is 13.1 Å². The molecule has 1 fully saturated rings. The van der Waals surface area contributed by atoms with Crippen molar-refractivity contribution < 1.29 is 19.5 Å². The molecular formula is C15H26N2O4. The zero-order valence-corrected chi connectivity index (χ0v) is 13.1. The molecule has 1 rings (SSSR count). The van der Waals surface area contributed by atoms with Gasteiger partial charge in [0, 0.05) is 5.92 Å². The molecule has 0 unspecified atom stereocenters. The number of hydrogen-bond acceptors (Lipinski definition) is 3. The number of nitrogens with one attached hydrogen (secondary N) is 2. The Bertz CT molecular complexity index is 393. The fourth-order valence-corrected chi connectivity index (χ4v) is 2.77. The lowest BCUT2D eigenvalue weighted by molar-refractivity contribution is -0.137. The van der Waals surface area contributed by atoms with Gasteiger partial charge in [-0.1, -0.05) is 20.8 Å². The summed E-state index contributed by atoms with van der Waals surface area (Å²) >= 11 is 0. The van der Waals surface area contributed by atoms with E-state index in [2.05, 4.69) is 31.4 Å². The van der Waals surface area contributed by atoms with Gasteiger partial charge in [-0.05, 0) is 37.0 Å². The van der Waals surface area contributed by atoms with E-state index >= 15 is 0 Å². The molecule has 0 aromatic carbocycles. The first-order valence-corrected chi connectivity index (χ1v) is 7.46. The molecule has 6 nitrogen and oxygen atoms in total. The summed E-state index contributed by atoms with van der Waals surface area (Å²) in [6, 6.07) is 0. The molecule has 120 valence electrons. The fourth-order valence-electron chi connectivity index (χ4n) is 2.77. The van der Waals surface area contributed by atoms with Crippen molar-refractivity contribution in [2.24, 2.45) is 17.3 Å². The van der Waals surface area contributed by atoms with Crippen LogP contribution in [-0.4, -0.2) is 36.0 Å². The van der Waals surface area contributed by atoms with Gasteiger partial charge in [0.05, 0.1) is 6.54 Å². The first-order valence-electron chi connectivity index (χ1n) is 7.46. The summed E-state index contributed by atoms with van der Waals surface area (Å²) in [6.45, 7) is 6.09. The third-order valence-corrected chi connectivity index (χ3v) is 4.18. The molecule has 0 heterocycles. The topological polar surface area (TPSA) is 95.5 Å². The number of carbonyl (C=O) groups excluding carboxylic acids is 2. The van der Waals surface area contributed by atoms with E-state index in [0.717, 1.165) is 25.7 Å². The van der Waals surface area contributed by atoms with Crippen molar-refractivity contribution in [3.05, 3.63) is 0 Å². The largest absolute Gasteiger partial charge is 0.480 e. The van der Waals surface area contributed by atoms with Gasteiger partial charge in [0.2, 0.25) is 11.8 Å². The Kier molecular flexibility index (Phi) is 6.18. The number of amides is 2. The molecule has 0 aromatic rings. The zero-order valence-electron chi connectivity index (χ0n) is 13.1. The minimum Gasteiger partial charge on any atom is -0.480 e. The number of carboxylic acids is 1. The highest BCUT2D eigenvalue weighted by Crippen LogP contribution is 2.39. The molecular weight excluding hydrogens is 272 g/mol. The van der Waals surface area contributed by atoms with Crippen LogP contribution < -0.4 is 10.6 Å². The molecule has 2 amide bonds. The van der Waals surface area contributed by atoms with Crippen LogP contribution in [0.5, 0.6) is 0 Å². The van der Waals surface area contributed by atoms with Crippen molar-refractivity contribution in [1.29, 1.82) is 0 Å². The summed E-state index contributed by atoms with van der Waals surface area (Å²) in [7, 11) is 0. The lowest BCUT2D eigenvalue weighted by atomic mass is 9.70. The van der Waals surface area contributed by atoms with Gasteiger partial charge in [-0.3, -0.25) is 14.4 Å². The van der Waals surface area contributed by atoms with Gasteiger partial charge in [0.1, 0.15) is 6.54 Å². The maximum Gasteiger partial charge on any atom is 0.322 e. The second-order valence-electron chi connectivity index (χ2n) is 6.80. The van der Waals surface area contributed by atoms with E-state index in [1.54, 1.807) is 0 Å². The molecule has 0 radical (unpaired) electrons. The minimum atomic E-state index is -1.10. The van der Waals surface area contributed by atoms with Crippen LogP contribution in [0.4, 0.5) is 0 Å². The van der Waals surface area contributed by atoms with E-state index in [9.17, 15) is 14.4 Å². The smallest absolute Gasteiger partial charge is 0.322 e. The van der Waals surface area contributed by atoms with E-state index in [1.165, 1.54) is 0 Å². The van der Waals surface area contributed by atoms with Crippen LogP contribution in [0.3, 0.4) is 0 Å². The second-order valence-corrected chi connectivity index (χ2v) is 6.80. The predicted octanol–water partition coefficient (Wildman–Crippen LogP) is 1.16. The monoisotopic (exact) mass is 298 g/mol. The summed E-state index contributed by atoms with van der Waals surface area (Å²) in [6.07, 6.45) is 3.77. The molecule has 0 bridgehead atoms. The van der Waals surface area contributed by atoms with Crippen molar-refractivity contribution in [2.45, 2.75) is 46.5 Å². The molecule has 21 heavy (non-hydrogen) atoms. The summed E-state index contributed by atoms with van der Waals surface area (Å²) in [5, 5.41) is 13.2. The van der Waals surface area contributed by atoms with E-state index in [4.69, 9.17) is 5.11 Å². The van der Waals surface area contributed by atoms with E-state index in [-0.39, 0.29) is 23.8 Å². The van der Waals surface area contributed by atoms with Gasteiger partial charge >= 0.3 is 5.97 Å². The van der Waals surface area contributed by atoms with Crippen molar-refractivity contribution in [1.82, 2.24) is 10.6 Å². The van der Waals surface area contributed by atoms with Gasteiger partial charge in [-0.15, -0.1) is 0 Å². The Morgan fingerprint density at radius 3 is 2.05 bits per heavy atom. The Labute approximate surface area is 125 Å². The fraction of sp³-hybridized carbons (Fsp3) is 0.800. The SMILES string of the molecule is CC(C)(C)C1CCC(C(=O)NCC(=O)NCC(=O)O)CC1. The summed E-state index contributed by atoms with van der Waals surface area (Å²) in [4.78, 5) is 33.6. The molecule has 0 atom stereocenters. The molecule has 1 aliphatic rings. The van der Waals surface area contributed by atoms with Gasteiger partial charge in [-0.2, -0.15) is 0 Å². The van der Waals surface area contributed by atoms with E-state index < -0.39 is 18.4 Å². The Balaban J connectivity index is 2.28. The van der Waals surface area contributed by atoms with Crippen LogP contribution in [-0.2, 0) is 14.4 Å². The van der Waals surface area contributed by atoms with Gasteiger partial charge < -0.3 is 15.7 Å². The average molecular weight is 298 g/mol. The number of carbonyl (C=O) groups is 3. The van der Waals surface area contributed by atoms with Crippen LogP contribution in [0.2, 0.25) is 0 Å². The molecule has 0 spiro atoms. The highest BCUT2D eigenvalue weighted by molar-refractivity contribution is 5.87. The highest BCUT2D eigenvalue weighted by Gasteiger charge is 2.32. The molecule has 1 saturated carbocycles. The summed E-state index contributed by atoms with van der Waals surface area (Å²) in [5.74, 6) is -1.08. The maximum absolute atomic E-state index is 12.0. The van der Waals surface area contributed by atoms with Crippen molar-refractivity contribution in [3.8, 4) is 0 Å². The quantitative estimate of drug-likeness (QED) is 0.709. The van der Waals surface area contributed by atoms with Crippen LogP contribution in [0, 0.1) is 17.3 Å². The maximum atomic E-state index is 12.0. The predicted molar refractivity (Wildman–Crippen MR) is 78.6 cm³/mol. The Morgan fingerprint density at radius 1 is 1.00 bits per heavy atom. The second kappa shape index (κ2) is 7.43. The number of aliphatic carboxylic acids is 1. The van der Waals surface area contributed by atoms with Gasteiger partial charge in [0.15, 0.2) is 0 Å². The number of carboxylic acid groups (broad SMARTS) is 1. The summed E-state index contributed by atoms with van der Waals surface area (Å²) in [5.41, 5.74) is 0.276.